The van der Waals surface area contributed by atoms with Crippen LogP contribution in [0.1, 0.15) is 17.0 Å². The lowest BCUT2D eigenvalue weighted by molar-refractivity contribution is 0.777. The van der Waals surface area contributed by atoms with Crippen molar-refractivity contribution in [1.29, 1.82) is 0 Å². The molecule has 3 aromatic rings. The number of para-hydroxylation sites is 1. The van der Waals surface area contributed by atoms with E-state index in [1.807, 2.05) is 12.1 Å². The van der Waals surface area contributed by atoms with E-state index in [4.69, 9.17) is 11.6 Å². The lowest BCUT2D eigenvalue weighted by atomic mass is 10.2. The molecule has 0 bridgehead atoms. The molecule has 20 heavy (non-hydrogen) atoms. The van der Waals surface area contributed by atoms with Gasteiger partial charge in [-0.15, -0.1) is 11.6 Å². The number of benzene rings is 2. The fraction of sp³-hybridized carbons (Fsp3) is 0.188. The molecule has 0 N–H and O–H groups in total. The zero-order valence-electron chi connectivity index (χ0n) is 11.1. The summed E-state index contributed by atoms with van der Waals surface area (Å²) in [5, 5.41) is 0. The Morgan fingerprint density at radius 3 is 2.60 bits per heavy atom. The Bertz CT molecular complexity index is 747. The third kappa shape index (κ3) is 2.48. The maximum absolute atomic E-state index is 6.06. The van der Waals surface area contributed by atoms with Crippen molar-refractivity contribution in [2.24, 2.45) is 0 Å². The van der Waals surface area contributed by atoms with Gasteiger partial charge in [0.05, 0.1) is 16.9 Å². The highest BCUT2D eigenvalue weighted by Crippen LogP contribution is 2.23. The molecule has 0 fully saturated rings. The largest absolute Gasteiger partial charge is 0.322 e. The van der Waals surface area contributed by atoms with Crippen molar-refractivity contribution < 1.29 is 0 Å². The van der Waals surface area contributed by atoms with Gasteiger partial charge in [-0.3, -0.25) is 0 Å². The number of imidazole rings is 1. The van der Waals surface area contributed by atoms with E-state index in [0.29, 0.717) is 5.88 Å². The summed E-state index contributed by atoms with van der Waals surface area (Å²) >= 11 is 9.52. The normalized spacial score (nSPS) is 11.2. The Morgan fingerprint density at radius 2 is 1.90 bits per heavy atom. The summed E-state index contributed by atoms with van der Waals surface area (Å²) in [6.07, 6.45) is 0. The molecule has 0 unspecified atom stereocenters. The van der Waals surface area contributed by atoms with Crippen molar-refractivity contribution in [3.05, 3.63) is 63.9 Å². The van der Waals surface area contributed by atoms with Gasteiger partial charge in [-0.05, 0) is 36.2 Å². The molecule has 0 aliphatic carbocycles. The molecule has 102 valence electrons. The fourth-order valence-corrected chi connectivity index (χ4v) is 2.93. The minimum absolute atomic E-state index is 0.421. The first-order valence-electron chi connectivity index (χ1n) is 6.44. The molecule has 0 atom stereocenters. The maximum Gasteiger partial charge on any atom is 0.125 e. The molecule has 0 amide bonds. The average Bonchev–Trinajstić information content (AvgIpc) is 2.81. The summed E-state index contributed by atoms with van der Waals surface area (Å²) in [7, 11) is 0. The smallest absolute Gasteiger partial charge is 0.125 e. The summed E-state index contributed by atoms with van der Waals surface area (Å²) < 4.78 is 3.30. The minimum atomic E-state index is 0.421. The number of rotatable bonds is 3. The SMILES string of the molecule is Cc1cccc2nc(CCl)n(Cc3ccc(Br)cc3)c12. The lowest BCUT2D eigenvalue weighted by Crippen LogP contribution is -2.04. The van der Waals surface area contributed by atoms with Gasteiger partial charge >= 0.3 is 0 Å². The zero-order valence-corrected chi connectivity index (χ0v) is 13.4. The van der Waals surface area contributed by atoms with E-state index in [1.165, 1.54) is 16.6 Å². The van der Waals surface area contributed by atoms with Crippen LogP contribution in [0.15, 0.2) is 46.9 Å². The van der Waals surface area contributed by atoms with Crippen LogP contribution < -0.4 is 0 Å². The zero-order chi connectivity index (χ0) is 14.1. The van der Waals surface area contributed by atoms with Gasteiger partial charge in [0, 0.05) is 11.0 Å². The first-order valence-corrected chi connectivity index (χ1v) is 7.77. The lowest BCUT2D eigenvalue weighted by Gasteiger charge is -2.09. The Hall–Kier alpha value is -1.32. The predicted molar refractivity (Wildman–Crippen MR) is 87.3 cm³/mol. The van der Waals surface area contributed by atoms with Gasteiger partial charge in [-0.2, -0.15) is 0 Å². The van der Waals surface area contributed by atoms with E-state index in [-0.39, 0.29) is 0 Å². The van der Waals surface area contributed by atoms with E-state index >= 15 is 0 Å². The standard InChI is InChI=1S/C16H14BrClN2/c1-11-3-2-4-14-16(11)20(15(9-18)19-14)10-12-5-7-13(17)8-6-12/h2-8H,9-10H2,1H3. The van der Waals surface area contributed by atoms with Gasteiger partial charge in [0.1, 0.15) is 5.82 Å². The minimum Gasteiger partial charge on any atom is -0.322 e. The number of nitrogens with zero attached hydrogens (tertiary/aromatic N) is 2. The first kappa shape index (κ1) is 13.7. The predicted octanol–water partition coefficient (Wildman–Crippen LogP) is 4.89. The van der Waals surface area contributed by atoms with Crippen LogP contribution in [-0.4, -0.2) is 9.55 Å². The second-order valence-electron chi connectivity index (χ2n) is 4.82. The van der Waals surface area contributed by atoms with Crippen LogP contribution in [-0.2, 0) is 12.4 Å². The van der Waals surface area contributed by atoms with Crippen LogP contribution in [0.5, 0.6) is 0 Å². The van der Waals surface area contributed by atoms with Crippen LogP contribution in [0.25, 0.3) is 11.0 Å². The van der Waals surface area contributed by atoms with E-state index in [9.17, 15) is 0 Å². The van der Waals surface area contributed by atoms with Crippen LogP contribution in [0, 0.1) is 6.92 Å². The van der Waals surface area contributed by atoms with Gasteiger partial charge in [0.2, 0.25) is 0 Å². The van der Waals surface area contributed by atoms with Gasteiger partial charge in [0.15, 0.2) is 0 Å². The summed E-state index contributed by atoms with van der Waals surface area (Å²) in [5.74, 6) is 1.34. The van der Waals surface area contributed by atoms with E-state index in [1.54, 1.807) is 0 Å². The summed E-state index contributed by atoms with van der Waals surface area (Å²) in [4.78, 5) is 4.63. The molecule has 0 saturated heterocycles. The number of fused-ring (bicyclic) bond motifs is 1. The quantitative estimate of drug-likeness (QED) is 0.615. The number of hydrogen-bond acceptors (Lipinski definition) is 1. The Kier molecular flexibility index (Phi) is 3.81. The molecular formula is C16H14BrClN2. The van der Waals surface area contributed by atoms with Crippen molar-refractivity contribution in [3.8, 4) is 0 Å². The molecule has 0 saturated carbocycles. The number of aromatic nitrogens is 2. The van der Waals surface area contributed by atoms with Crippen LogP contribution >= 0.6 is 27.5 Å². The van der Waals surface area contributed by atoms with E-state index < -0.39 is 0 Å². The van der Waals surface area contributed by atoms with Gasteiger partial charge < -0.3 is 4.57 Å². The first-order chi connectivity index (χ1) is 9.69. The second kappa shape index (κ2) is 5.58. The van der Waals surface area contributed by atoms with E-state index in [0.717, 1.165) is 22.4 Å². The van der Waals surface area contributed by atoms with Crippen molar-refractivity contribution in [2.75, 3.05) is 0 Å². The average molecular weight is 350 g/mol. The highest BCUT2D eigenvalue weighted by molar-refractivity contribution is 9.10. The summed E-state index contributed by atoms with van der Waals surface area (Å²) in [6.45, 7) is 2.90. The Morgan fingerprint density at radius 1 is 1.15 bits per heavy atom. The third-order valence-corrected chi connectivity index (χ3v) is 4.19. The van der Waals surface area contributed by atoms with Crippen molar-refractivity contribution >= 4 is 38.6 Å². The van der Waals surface area contributed by atoms with Crippen molar-refractivity contribution in [3.63, 3.8) is 0 Å². The molecule has 4 heteroatoms. The molecule has 3 rings (SSSR count). The number of hydrogen-bond donors (Lipinski definition) is 0. The maximum atomic E-state index is 6.06. The highest BCUT2D eigenvalue weighted by atomic mass is 79.9. The van der Waals surface area contributed by atoms with Crippen LogP contribution in [0.4, 0.5) is 0 Å². The fourth-order valence-electron chi connectivity index (χ4n) is 2.46. The van der Waals surface area contributed by atoms with Crippen LogP contribution in [0.2, 0.25) is 0 Å². The second-order valence-corrected chi connectivity index (χ2v) is 6.00. The molecular weight excluding hydrogens is 336 g/mol. The topological polar surface area (TPSA) is 17.8 Å². The molecule has 1 aromatic heterocycles. The summed E-state index contributed by atoms with van der Waals surface area (Å²) in [5.41, 5.74) is 4.65. The van der Waals surface area contributed by atoms with Crippen molar-refractivity contribution in [1.82, 2.24) is 9.55 Å². The monoisotopic (exact) mass is 348 g/mol. The molecule has 2 aromatic carbocycles. The van der Waals surface area contributed by atoms with Gasteiger partial charge in [-0.1, -0.05) is 40.2 Å². The Labute approximate surface area is 131 Å². The molecule has 0 radical (unpaired) electrons. The molecule has 2 nitrogen and oxygen atoms in total. The Balaban J connectivity index is 2.11. The molecule has 0 aliphatic rings. The molecule has 0 spiro atoms. The van der Waals surface area contributed by atoms with E-state index in [2.05, 4.69) is 62.7 Å². The molecule has 0 aliphatic heterocycles. The summed E-state index contributed by atoms with van der Waals surface area (Å²) in [6, 6.07) is 14.5. The number of aryl methyl sites for hydroxylation is 1. The third-order valence-electron chi connectivity index (χ3n) is 3.42. The number of alkyl halides is 1. The van der Waals surface area contributed by atoms with Crippen LogP contribution in [0.3, 0.4) is 0 Å². The number of halogens is 2. The molecule has 1 heterocycles. The van der Waals surface area contributed by atoms with Gasteiger partial charge in [-0.25, -0.2) is 4.98 Å². The van der Waals surface area contributed by atoms with Crippen molar-refractivity contribution in [2.45, 2.75) is 19.3 Å². The van der Waals surface area contributed by atoms with Gasteiger partial charge in [0.25, 0.3) is 0 Å². The highest BCUT2D eigenvalue weighted by Gasteiger charge is 2.12.